The molecule has 2 atom stereocenters. The van der Waals surface area contributed by atoms with Crippen LogP contribution in [-0.4, -0.2) is 12.5 Å². The minimum atomic E-state index is -0.236. The highest BCUT2D eigenvalue weighted by Crippen LogP contribution is 2.08. The highest BCUT2D eigenvalue weighted by atomic mass is 16.1. The fourth-order valence-corrected chi connectivity index (χ4v) is 0.816. The van der Waals surface area contributed by atoms with E-state index in [0.717, 1.165) is 6.42 Å². The van der Waals surface area contributed by atoms with Crippen molar-refractivity contribution in [2.45, 2.75) is 20.3 Å². The van der Waals surface area contributed by atoms with Crippen LogP contribution < -0.4 is 11.5 Å². The number of primary amides is 1. The number of hydrogen-bond donors (Lipinski definition) is 2. The number of carbonyl (C=O) groups excluding carboxylic acids is 1. The number of nitrogens with two attached hydrogens (primary N) is 2. The van der Waals surface area contributed by atoms with Crippen molar-refractivity contribution in [1.82, 2.24) is 0 Å². The molecule has 0 aliphatic heterocycles. The molecule has 0 aromatic carbocycles. The molecule has 0 aliphatic rings. The summed E-state index contributed by atoms with van der Waals surface area (Å²) >= 11 is 0. The van der Waals surface area contributed by atoms with Crippen LogP contribution in [0.5, 0.6) is 0 Å². The first-order chi connectivity index (χ1) is 4.57. The van der Waals surface area contributed by atoms with Crippen molar-refractivity contribution in [3.8, 4) is 0 Å². The summed E-state index contributed by atoms with van der Waals surface area (Å²) in [6.45, 7) is 4.46. The van der Waals surface area contributed by atoms with E-state index >= 15 is 0 Å². The molecule has 0 saturated carbocycles. The summed E-state index contributed by atoms with van der Waals surface area (Å²) in [4.78, 5) is 10.5. The Morgan fingerprint density at radius 3 is 2.30 bits per heavy atom. The van der Waals surface area contributed by atoms with Crippen molar-refractivity contribution >= 4 is 5.91 Å². The van der Waals surface area contributed by atoms with Gasteiger partial charge >= 0.3 is 0 Å². The van der Waals surface area contributed by atoms with Gasteiger partial charge in [-0.1, -0.05) is 13.8 Å². The molecule has 1 amide bonds. The molecule has 0 aromatic heterocycles. The summed E-state index contributed by atoms with van der Waals surface area (Å²) in [5.41, 5.74) is 10.4. The van der Waals surface area contributed by atoms with E-state index in [0.29, 0.717) is 12.5 Å². The van der Waals surface area contributed by atoms with Gasteiger partial charge in [0.2, 0.25) is 5.91 Å². The quantitative estimate of drug-likeness (QED) is 0.587. The lowest BCUT2D eigenvalue weighted by Gasteiger charge is -2.11. The predicted molar refractivity (Wildman–Crippen MR) is 41.2 cm³/mol. The Kier molecular flexibility index (Phi) is 4.03. The molecule has 0 bridgehead atoms. The van der Waals surface area contributed by atoms with Gasteiger partial charge in [-0.05, 0) is 18.9 Å². The SMILES string of the molecule is CC(CN)CC(C)C(N)=O. The van der Waals surface area contributed by atoms with Crippen molar-refractivity contribution in [3.05, 3.63) is 0 Å². The molecule has 3 heteroatoms. The summed E-state index contributed by atoms with van der Waals surface area (Å²) in [5, 5.41) is 0. The average Bonchev–Trinajstić information content (AvgIpc) is 1.87. The Bertz CT molecular complexity index is 114. The lowest BCUT2D eigenvalue weighted by molar-refractivity contribution is -0.121. The number of rotatable bonds is 4. The Morgan fingerprint density at radius 1 is 1.50 bits per heavy atom. The molecular weight excluding hydrogens is 128 g/mol. The lowest BCUT2D eigenvalue weighted by atomic mass is 9.97. The molecule has 3 nitrogen and oxygen atoms in total. The van der Waals surface area contributed by atoms with Crippen LogP contribution in [0.3, 0.4) is 0 Å². The van der Waals surface area contributed by atoms with Gasteiger partial charge in [-0.25, -0.2) is 0 Å². The molecule has 0 aromatic rings. The molecule has 0 rings (SSSR count). The lowest BCUT2D eigenvalue weighted by Crippen LogP contribution is -2.24. The molecule has 10 heavy (non-hydrogen) atoms. The van der Waals surface area contributed by atoms with Gasteiger partial charge in [0.25, 0.3) is 0 Å². The van der Waals surface area contributed by atoms with E-state index in [1.165, 1.54) is 0 Å². The van der Waals surface area contributed by atoms with Gasteiger partial charge in [0.15, 0.2) is 0 Å². The molecular formula is C7H16N2O. The van der Waals surface area contributed by atoms with Gasteiger partial charge in [-0.3, -0.25) is 4.79 Å². The van der Waals surface area contributed by atoms with Crippen molar-refractivity contribution < 1.29 is 4.79 Å². The number of carbonyl (C=O) groups is 1. The molecule has 60 valence electrons. The minimum Gasteiger partial charge on any atom is -0.369 e. The van der Waals surface area contributed by atoms with E-state index in [2.05, 4.69) is 0 Å². The van der Waals surface area contributed by atoms with E-state index in [4.69, 9.17) is 11.5 Å². The predicted octanol–water partition coefficient (Wildman–Crippen LogP) is 0.0927. The standard InChI is InChI=1S/C7H16N2O/c1-5(4-8)3-6(2)7(9)10/h5-6H,3-4,8H2,1-2H3,(H2,9,10). The average molecular weight is 144 g/mol. The van der Waals surface area contributed by atoms with Crippen LogP contribution in [0.15, 0.2) is 0 Å². The van der Waals surface area contributed by atoms with E-state index < -0.39 is 0 Å². The maximum Gasteiger partial charge on any atom is 0.220 e. The molecule has 0 radical (unpaired) electrons. The van der Waals surface area contributed by atoms with Gasteiger partial charge in [-0.15, -0.1) is 0 Å². The molecule has 4 N–H and O–H groups in total. The third-order valence-corrected chi connectivity index (χ3v) is 1.64. The number of hydrogen-bond acceptors (Lipinski definition) is 2. The first-order valence-electron chi connectivity index (χ1n) is 3.57. The second-order valence-corrected chi connectivity index (χ2v) is 2.88. The van der Waals surface area contributed by atoms with Gasteiger partial charge < -0.3 is 11.5 Å². The van der Waals surface area contributed by atoms with Crippen molar-refractivity contribution in [1.29, 1.82) is 0 Å². The maximum atomic E-state index is 10.5. The zero-order valence-corrected chi connectivity index (χ0v) is 6.63. The molecule has 0 spiro atoms. The molecule has 0 heterocycles. The first kappa shape index (κ1) is 9.43. The summed E-state index contributed by atoms with van der Waals surface area (Å²) < 4.78 is 0. The normalized spacial score (nSPS) is 16.3. The van der Waals surface area contributed by atoms with Gasteiger partial charge in [-0.2, -0.15) is 0 Å². The first-order valence-corrected chi connectivity index (χ1v) is 3.57. The maximum absolute atomic E-state index is 10.5. The summed E-state index contributed by atoms with van der Waals surface area (Å²) in [5.74, 6) is 0.112. The van der Waals surface area contributed by atoms with E-state index in [1.54, 1.807) is 0 Å². The van der Waals surface area contributed by atoms with Crippen LogP contribution in [0.25, 0.3) is 0 Å². The third-order valence-electron chi connectivity index (χ3n) is 1.64. The van der Waals surface area contributed by atoms with Crippen LogP contribution in [0.2, 0.25) is 0 Å². The zero-order chi connectivity index (χ0) is 8.15. The smallest absolute Gasteiger partial charge is 0.220 e. The van der Waals surface area contributed by atoms with Gasteiger partial charge in [0.1, 0.15) is 0 Å². The van der Waals surface area contributed by atoms with Crippen LogP contribution in [0, 0.1) is 11.8 Å². The van der Waals surface area contributed by atoms with Gasteiger partial charge in [0.05, 0.1) is 0 Å². The fraction of sp³-hybridized carbons (Fsp3) is 0.857. The summed E-state index contributed by atoms with van der Waals surface area (Å²) in [6, 6.07) is 0. The monoisotopic (exact) mass is 144 g/mol. The van der Waals surface area contributed by atoms with Crippen LogP contribution in [0.1, 0.15) is 20.3 Å². The molecule has 2 unspecified atom stereocenters. The summed E-state index contributed by atoms with van der Waals surface area (Å²) in [6.07, 6.45) is 0.797. The van der Waals surface area contributed by atoms with E-state index in [-0.39, 0.29) is 11.8 Å². The Labute approximate surface area is 61.8 Å². The Hall–Kier alpha value is -0.570. The van der Waals surface area contributed by atoms with Crippen LogP contribution >= 0.6 is 0 Å². The fourth-order valence-electron chi connectivity index (χ4n) is 0.816. The Morgan fingerprint density at radius 2 is 2.00 bits per heavy atom. The minimum absolute atomic E-state index is 0.0430. The van der Waals surface area contributed by atoms with E-state index in [9.17, 15) is 4.79 Å². The van der Waals surface area contributed by atoms with E-state index in [1.807, 2.05) is 13.8 Å². The summed E-state index contributed by atoms with van der Waals surface area (Å²) in [7, 11) is 0. The highest BCUT2D eigenvalue weighted by Gasteiger charge is 2.11. The van der Waals surface area contributed by atoms with Crippen molar-refractivity contribution in [2.75, 3.05) is 6.54 Å². The topological polar surface area (TPSA) is 69.1 Å². The zero-order valence-electron chi connectivity index (χ0n) is 6.63. The second kappa shape index (κ2) is 4.28. The number of amides is 1. The molecule has 0 fully saturated rings. The largest absolute Gasteiger partial charge is 0.369 e. The Balaban J connectivity index is 3.56. The molecule has 0 aliphatic carbocycles. The van der Waals surface area contributed by atoms with Gasteiger partial charge in [0, 0.05) is 5.92 Å². The highest BCUT2D eigenvalue weighted by molar-refractivity contribution is 5.76. The third kappa shape index (κ3) is 3.45. The van der Waals surface area contributed by atoms with Crippen LogP contribution in [0.4, 0.5) is 0 Å². The second-order valence-electron chi connectivity index (χ2n) is 2.88. The van der Waals surface area contributed by atoms with Crippen molar-refractivity contribution in [2.24, 2.45) is 23.3 Å². The van der Waals surface area contributed by atoms with Crippen molar-refractivity contribution in [3.63, 3.8) is 0 Å². The molecule has 0 saturated heterocycles. The van der Waals surface area contributed by atoms with Crippen LogP contribution in [-0.2, 0) is 4.79 Å².